The first-order valence-electron chi connectivity index (χ1n) is 7.14. The van der Waals surface area contributed by atoms with Gasteiger partial charge >= 0.3 is 5.97 Å². The number of nitrogens with zero attached hydrogens (tertiary/aromatic N) is 1. The first kappa shape index (κ1) is 14.8. The summed E-state index contributed by atoms with van der Waals surface area (Å²) >= 11 is 0. The Balaban J connectivity index is 1.93. The smallest absolute Gasteiger partial charge is 0.352 e. The number of hydrogen-bond donors (Lipinski definition) is 1. The minimum Gasteiger partial charge on any atom is -0.477 e. The van der Waals surface area contributed by atoms with E-state index in [2.05, 4.69) is 0 Å². The molecule has 1 heterocycles. The van der Waals surface area contributed by atoms with Gasteiger partial charge in [0.1, 0.15) is 5.69 Å². The van der Waals surface area contributed by atoms with Crippen molar-refractivity contribution in [3.63, 3.8) is 0 Å². The average molecular weight is 279 g/mol. The number of hydrogen-bond acceptors (Lipinski definition) is 3. The second-order valence-electron chi connectivity index (χ2n) is 5.30. The van der Waals surface area contributed by atoms with Gasteiger partial charge in [-0.25, -0.2) is 4.79 Å². The van der Waals surface area contributed by atoms with Crippen molar-refractivity contribution < 1.29 is 19.4 Å². The Morgan fingerprint density at radius 1 is 1.35 bits per heavy atom. The topological polar surface area (TPSA) is 68.5 Å². The largest absolute Gasteiger partial charge is 0.477 e. The first-order valence-corrected chi connectivity index (χ1v) is 7.14. The highest BCUT2D eigenvalue weighted by atomic mass is 16.5. The van der Waals surface area contributed by atoms with Gasteiger partial charge in [0.05, 0.1) is 12.7 Å². The molecule has 0 aliphatic heterocycles. The predicted octanol–water partition coefficient (Wildman–Crippen LogP) is 2.74. The average Bonchev–Trinajstić information content (AvgIpc) is 2.84. The SMILES string of the molecule is CC(=O)c1cc(C(=O)O)n(CCOC2CCCCC2)c1. The first-order chi connectivity index (χ1) is 9.58. The molecule has 0 atom stereocenters. The highest BCUT2D eigenvalue weighted by Crippen LogP contribution is 2.20. The second kappa shape index (κ2) is 6.70. The zero-order valence-electron chi connectivity index (χ0n) is 11.8. The molecule has 0 spiro atoms. The lowest BCUT2D eigenvalue weighted by atomic mass is 9.98. The standard InChI is InChI=1S/C15H21NO4/c1-11(17)12-9-14(15(18)19)16(10-12)7-8-20-13-5-3-2-4-6-13/h9-10,13H,2-8H2,1H3,(H,18,19). The fourth-order valence-electron chi connectivity index (χ4n) is 2.62. The van der Waals surface area contributed by atoms with E-state index in [0.29, 0.717) is 24.8 Å². The summed E-state index contributed by atoms with van der Waals surface area (Å²) in [5.74, 6) is -1.14. The molecule has 1 saturated carbocycles. The minimum absolute atomic E-state index is 0.126. The molecular formula is C15H21NO4. The second-order valence-corrected chi connectivity index (χ2v) is 5.30. The van der Waals surface area contributed by atoms with Gasteiger partial charge < -0.3 is 14.4 Å². The highest BCUT2D eigenvalue weighted by Gasteiger charge is 2.16. The Bertz CT molecular complexity index is 486. The normalized spacial score (nSPS) is 16.2. The number of aromatic carboxylic acids is 1. The highest BCUT2D eigenvalue weighted by molar-refractivity contribution is 5.97. The van der Waals surface area contributed by atoms with E-state index in [1.54, 1.807) is 10.8 Å². The molecule has 110 valence electrons. The summed E-state index contributed by atoms with van der Waals surface area (Å²) in [6.45, 7) is 2.38. The number of carbonyl (C=O) groups is 2. The maximum absolute atomic E-state index is 11.3. The van der Waals surface area contributed by atoms with E-state index in [1.165, 1.54) is 32.3 Å². The molecule has 5 heteroatoms. The molecule has 0 bridgehead atoms. The lowest BCUT2D eigenvalue weighted by Gasteiger charge is -2.22. The van der Waals surface area contributed by atoms with Crippen molar-refractivity contribution in [1.29, 1.82) is 0 Å². The third kappa shape index (κ3) is 3.70. The van der Waals surface area contributed by atoms with E-state index < -0.39 is 5.97 Å². The Morgan fingerprint density at radius 2 is 2.05 bits per heavy atom. The molecule has 1 aromatic rings. The lowest BCUT2D eigenvalue weighted by Crippen LogP contribution is -2.20. The van der Waals surface area contributed by atoms with Crippen molar-refractivity contribution in [2.75, 3.05) is 6.61 Å². The molecule has 1 fully saturated rings. The van der Waals surface area contributed by atoms with Crippen LogP contribution in [0.5, 0.6) is 0 Å². The molecule has 0 unspecified atom stereocenters. The van der Waals surface area contributed by atoms with Gasteiger partial charge in [-0.05, 0) is 25.8 Å². The van der Waals surface area contributed by atoms with Crippen LogP contribution in [0.15, 0.2) is 12.3 Å². The molecule has 1 N–H and O–H groups in total. The summed E-state index contributed by atoms with van der Waals surface area (Å²) in [7, 11) is 0. The van der Waals surface area contributed by atoms with Gasteiger partial charge in [0.2, 0.25) is 0 Å². The molecule has 0 radical (unpaired) electrons. The Morgan fingerprint density at radius 3 is 2.65 bits per heavy atom. The monoisotopic (exact) mass is 279 g/mol. The molecule has 1 aliphatic carbocycles. The van der Waals surface area contributed by atoms with Gasteiger partial charge in [0.25, 0.3) is 0 Å². The summed E-state index contributed by atoms with van der Waals surface area (Å²) in [5.41, 5.74) is 0.572. The van der Waals surface area contributed by atoms with Crippen LogP contribution < -0.4 is 0 Å². The fourth-order valence-corrected chi connectivity index (χ4v) is 2.62. The minimum atomic E-state index is -1.02. The molecule has 0 saturated heterocycles. The number of carbonyl (C=O) groups excluding carboxylic acids is 1. The molecule has 5 nitrogen and oxygen atoms in total. The van der Waals surface area contributed by atoms with Gasteiger partial charge in [0.15, 0.2) is 5.78 Å². The number of rotatable bonds is 6. The molecule has 1 aromatic heterocycles. The summed E-state index contributed by atoms with van der Waals surface area (Å²) in [6.07, 6.45) is 7.79. The predicted molar refractivity (Wildman–Crippen MR) is 74.2 cm³/mol. The Kier molecular flexibility index (Phi) is 4.95. The van der Waals surface area contributed by atoms with Gasteiger partial charge in [-0.3, -0.25) is 4.79 Å². The van der Waals surface area contributed by atoms with Crippen LogP contribution in [0.2, 0.25) is 0 Å². The van der Waals surface area contributed by atoms with E-state index in [0.717, 1.165) is 12.8 Å². The van der Waals surface area contributed by atoms with E-state index in [1.807, 2.05) is 0 Å². The van der Waals surface area contributed by atoms with E-state index in [4.69, 9.17) is 9.84 Å². The third-order valence-electron chi connectivity index (χ3n) is 3.76. The Labute approximate surface area is 118 Å². The maximum atomic E-state index is 11.3. The van der Waals surface area contributed by atoms with Crippen molar-refractivity contribution in [3.05, 3.63) is 23.5 Å². The fraction of sp³-hybridized carbons (Fsp3) is 0.600. The molecule has 2 rings (SSSR count). The molecule has 20 heavy (non-hydrogen) atoms. The zero-order valence-corrected chi connectivity index (χ0v) is 11.8. The summed E-state index contributed by atoms with van der Waals surface area (Å²) in [4.78, 5) is 22.5. The summed E-state index contributed by atoms with van der Waals surface area (Å²) in [5, 5.41) is 9.14. The molecule has 0 amide bonds. The summed E-state index contributed by atoms with van der Waals surface area (Å²) < 4.78 is 7.38. The molecule has 0 aromatic carbocycles. The van der Waals surface area contributed by atoms with Crippen LogP contribution in [-0.2, 0) is 11.3 Å². The molecule has 1 aliphatic rings. The van der Waals surface area contributed by atoms with Crippen molar-refractivity contribution >= 4 is 11.8 Å². The van der Waals surface area contributed by atoms with Gasteiger partial charge in [-0.1, -0.05) is 19.3 Å². The van der Waals surface area contributed by atoms with Crippen molar-refractivity contribution in [1.82, 2.24) is 4.57 Å². The van der Waals surface area contributed by atoms with E-state index in [9.17, 15) is 9.59 Å². The number of carboxylic acids is 1. The Hall–Kier alpha value is -1.62. The quantitative estimate of drug-likeness (QED) is 0.813. The van der Waals surface area contributed by atoms with Gasteiger partial charge in [-0.15, -0.1) is 0 Å². The van der Waals surface area contributed by atoms with Crippen LogP contribution in [0.4, 0.5) is 0 Å². The number of carboxylic acid groups (broad SMARTS) is 1. The van der Waals surface area contributed by atoms with Crippen LogP contribution >= 0.6 is 0 Å². The van der Waals surface area contributed by atoms with Gasteiger partial charge in [0, 0.05) is 18.3 Å². The number of aromatic nitrogens is 1. The third-order valence-corrected chi connectivity index (χ3v) is 3.76. The lowest BCUT2D eigenvalue weighted by molar-refractivity contribution is 0.0236. The van der Waals surface area contributed by atoms with Crippen LogP contribution in [-0.4, -0.2) is 34.1 Å². The van der Waals surface area contributed by atoms with Crippen LogP contribution in [0, 0.1) is 0 Å². The number of ether oxygens (including phenoxy) is 1. The van der Waals surface area contributed by atoms with Crippen molar-refractivity contribution in [2.24, 2.45) is 0 Å². The van der Waals surface area contributed by atoms with Gasteiger partial charge in [-0.2, -0.15) is 0 Å². The maximum Gasteiger partial charge on any atom is 0.352 e. The number of ketones is 1. The number of Topliss-reactive ketones (excluding diaryl/α,β-unsaturated/α-hetero) is 1. The van der Waals surface area contributed by atoms with E-state index >= 15 is 0 Å². The van der Waals surface area contributed by atoms with Crippen molar-refractivity contribution in [2.45, 2.75) is 51.7 Å². The van der Waals surface area contributed by atoms with Crippen LogP contribution in [0.1, 0.15) is 59.9 Å². The van der Waals surface area contributed by atoms with E-state index in [-0.39, 0.29) is 11.5 Å². The molecular weight excluding hydrogens is 258 g/mol. The zero-order chi connectivity index (χ0) is 14.5. The van der Waals surface area contributed by atoms with Crippen LogP contribution in [0.3, 0.4) is 0 Å². The summed E-state index contributed by atoms with van der Waals surface area (Å²) in [6, 6.07) is 1.42. The van der Waals surface area contributed by atoms with Crippen LogP contribution in [0.25, 0.3) is 0 Å². The van der Waals surface area contributed by atoms with Crippen molar-refractivity contribution in [3.8, 4) is 0 Å².